The Morgan fingerprint density at radius 3 is 2.06 bits per heavy atom. The fourth-order valence-electron chi connectivity index (χ4n) is 4.03. The summed E-state index contributed by atoms with van der Waals surface area (Å²) in [6, 6.07) is 0. The van der Waals surface area contributed by atoms with Crippen LogP contribution in [-0.2, 0) is 16.1 Å². The number of hydrogen-bond donors (Lipinski definition) is 4. The summed E-state index contributed by atoms with van der Waals surface area (Å²) in [4.78, 5) is 0. The number of rotatable bonds is 17. The highest BCUT2D eigenvalue weighted by Crippen LogP contribution is 2.27. The maximum absolute atomic E-state index is 10.2. The zero-order valence-corrected chi connectivity index (χ0v) is 19.5. The van der Waals surface area contributed by atoms with E-state index in [2.05, 4.69) is 17.2 Å². The molecule has 5 atom stereocenters. The molecule has 1 aliphatic heterocycles. The fraction of sp³-hybridized carbons (Fsp3) is 0.913. The zero-order valence-electron chi connectivity index (χ0n) is 19.5. The van der Waals surface area contributed by atoms with Crippen molar-refractivity contribution in [2.75, 3.05) is 13.2 Å². The van der Waals surface area contributed by atoms with E-state index >= 15 is 0 Å². The van der Waals surface area contributed by atoms with Crippen molar-refractivity contribution in [1.82, 2.24) is 15.0 Å². The fourth-order valence-corrected chi connectivity index (χ4v) is 4.03. The van der Waals surface area contributed by atoms with E-state index in [4.69, 9.17) is 9.47 Å². The van der Waals surface area contributed by atoms with Gasteiger partial charge in [-0.3, -0.25) is 0 Å². The number of unbranched alkanes of at least 4 members (excludes halogenated alkanes) is 11. The van der Waals surface area contributed by atoms with Gasteiger partial charge in [-0.25, -0.2) is 4.68 Å². The average molecular weight is 458 g/mol. The van der Waals surface area contributed by atoms with Crippen LogP contribution in [0.25, 0.3) is 0 Å². The lowest BCUT2D eigenvalue weighted by atomic mass is 9.98. The van der Waals surface area contributed by atoms with Gasteiger partial charge in [0.1, 0.15) is 30.1 Å². The molecule has 1 aliphatic rings. The largest absolute Gasteiger partial charge is 0.394 e. The van der Waals surface area contributed by atoms with E-state index in [1.807, 2.05) is 0 Å². The van der Waals surface area contributed by atoms with Crippen LogP contribution in [0, 0.1) is 0 Å². The number of aliphatic hydroxyl groups is 4. The molecular formula is C23H43N3O6. The topological polar surface area (TPSA) is 130 Å². The average Bonchev–Trinajstić information content (AvgIpc) is 3.26. The predicted octanol–water partition coefficient (Wildman–Crippen LogP) is 2.47. The first-order chi connectivity index (χ1) is 15.6. The number of hydrogen-bond acceptors (Lipinski definition) is 8. The molecule has 1 aromatic heterocycles. The molecule has 0 radical (unpaired) electrons. The molecule has 0 aromatic carbocycles. The number of aliphatic hydroxyl groups excluding tert-OH is 4. The van der Waals surface area contributed by atoms with Gasteiger partial charge in [0.2, 0.25) is 0 Å². The second-order valence-electron chi connectivity index (χ2n) is 8.85. The van der Waals surface area contributed by atoms with Gasteiger partial charge in [-0.05, 0) is 6.42 Å². The van der Waals surface area contributed by atoms with Crippen LogP contribution in [0.4, 0.5) is 0 Å². The van der Waals surface area contributed by atoms with Crippen LogP contribution in [0.3, 0.4) is 0 Å². The third kappa shape index (κ3) is 9.03. The highest BCUT2D eigenvalue weighted by Gasteiger charge is 2.44. The Hall–Kier alpha value is -1.10. The minimum Gasteiger partial charge on any atom is -0.394 e. The van der Waals surface area contributed by atoms with Crippen LogP contribution in [0.1, 0.15) is 95.9 Å². The highest BCUT2D eigenvalue weighted by atomic mass is 16.6. The second-order valence-corrected chi connectivity index (χ2v) is 8.85. The van der Waals surface area contributed by atoms with Gasteiger partial charge in [-0.15, -0.1) is 5.10 Å². The molecule has 0 saturated carbocycles. The molecule has 4 N–H and O–H groups in total. The van der Waals surface area contributed by atoms with Gasteiger partial charge < -0.3 is 29.9 Å². The number of ether oxygens (including phenoxy) is 2. The van der Waals surface area contributed by atoms with Crippen molar-refractivity contribution < 1.29 is 29.9 Å². The van der Waals surface area contributed by atoms with E-state index < -0.39 is 37.3 Å². The van der Waals surface area contributed by atoms with E-state index in [1.54, 1.807) is 6.20 Å². The summed E-state index contributed by atoms with van der Waals surface area (Å²) in [5, 5.41) is 47.1. The van der Waals surface area contributed by atoms with Crippen LogP contribution in [0.2, 0.25) is 0 Å². The summed E-state index contributed by atoms with van der Waals surface area (Å²) in [5.41, 5.74) is 0.584. The van der Waals surface area contributed by atoms with Crippen molar-refractivity contribution in [2.45, 2.75) is 121 Å². The molecule has 2 heterocycles. The van der Waals surface area contributed by atoms with Crippen molar-refractivity contribution in [3.8, 4) is 0 Å². The molecule has 32 heavy (non-hydrogen) atoms. The monoisotopic (exact) mass is 457 g/mol. The first-order valence-corrected chi connectivity index (χ1v) is 12.4. The van der Waals surface area contributed by atoms with Gasteiger partial charge >= 0.3 is 0 Å². The summed E-state index contributed by atoms with van der Waals surface area (Å²) in [6.45, 7) is 2.73. The summed E-state index contributed by atoms with van der Waals surface area (Å²) < 4.78 is 12.4. The van der Waals surface area contributed by atoms with Crippen molar-refractivity contribution in [3.63, 3.8) is 0 Å². The Morgan fingerprint density at radius 1 is 0.875 bits per heavy atom. The predicted molar refractivity (Wildman–Crippen MR) is 120 cm³/mol. The lowest BCUT2D eigenvalue weighted by molar-refractivity contribution is -0.254. The molecule has 0 aliphatic carbocycles. The second kappa shape index (κ2) is 15.7. The molecule has 9 heteroatoms. The first kappa shape index (κ1) is 27.1. The molecule has 1 saturated heterocycles. The molecule has 2 rings (SSSR count). The summed E-state index contributed by atoms with van der Waals surface area (Å²) in [6.07, 6.45) is 10.9. The summed E-state index contributed by atoms with van der Waals surface area (Å²) >= 11 is 0. The molecule has 0 spiro atoms. The molecule has 9 nitrogen and oxygen atoms in total. The van der Waals surface area contributed by atoms with Crippen molar-refractivity contribution in [3.05, 3.63) is 11.9 Å². The van der Waals surface area contributed by atoms with Crippen molar-refractivity contribution in [2.24, 2.45) is 0 Å². The number of nitrogens with zero attached hydrogens (tertiary/aromatic N) is 3. The third-order valence-electron chi connectivity index (χ3n) is 6.08. The lowest BCUT2D eigenvalue weighted by Crippen LogP contribution is -2.56. The van der Waals surface area contributed by atoms with Gasteiger partial charge in [0.15, 0.2) is 6.23 Å². The van der Waals surface area contributed by atoms with Crippen molar-refractivity contribution in [1.29, 1.82) is 0 Å². The maximum Gasteiger partial charge on any atom is 0.180 e. The highest BCUT2D eigenvalue weighted by molar-refractivity contribution is 4.95. The van der Waals surface area contributed by atoms with E-state index in [9.17, 15) is 20.4 Å². The quantitative estimate of drug-likeness (QED) is 0.263. The molecule has 1 fully saturated rings. The Balaban J connectivity index is 1.52. The molecule has 0 bridgehead atoms. The van der Waals surface area contributed by atoms with Crippen LogP contribution >= 0.6 is 0 Å². The van der Waals surface area contributed by atoms with Crippen LogP contribution in [0.5, 0.6) is 0 Å². The maximum atomic E-state index is 10.2. The molecular weight excluding hydrogens is 414 g/mol. The third-order valence-corrected chi connectivity index (χ3v) is 6.08. The van der Waals surface area contributed by atoms with Crippen LogP contribution in [-0.4, -0.2) is 73.0 Å². The van der Waals surface area contributed by atoms with Gasteiger partial charge in [0.25, 0.3) is 0 Å². The van der Waals surface area contributed by atoms with Crippen LogP contribution < -0.4 is 0 Å². The Morgan fingerprint density at radius 2 is 1.47 bits per heavy atom. The van der Waals surface area contributed by atoms with Gasteiger partial charge in [0.05, 0.1) is 19.4 Å². The zero-order chi connectivity index (χ0) is 23.2. The lowest BCUT2D eigenvalue weighted by Gasteiger charge is -2.39. The SMILES string of the molecule is CCCCCCCCCCCCCCOCc1cn([C@@H]2O[C@H](CO)[C@H](O)[C@H](O)[C@H]2O)nn1. The minimum atomic E-state index is -1.44. The van der Waals surface area contributed by atoms with E-state index in [1.165, 1.54) is 68.9 Å². The first-order valence-electron chi connectivity index (χ1n) is 12.4. The van der Waals surface area contributed by atoms with Gasteiger partial charge in [-0.1, -0.05) is 82.8 Å². The molecule has 0 unspecified atom stereocenters. The Bertz CT molecular complexity index is 600. The van der Waals surface area contributed by atoms with Crippen molar-refractivity contribution >= 4 is 0 Å². The minimum absolute atomic E-state index is 0.301. The molecule has 1 aromatic rings. The van der Waals surface area contributed by atoms with E-state index in [0.29, 0.717) is 18.9 Å². The molecule has 0 amide bonds. The summed E-state index contributed by atoms with van der Waals surface area (Å²) in [5.74, 6) is 0. The summed E-state index contributed by atoms with van der Waals surface area (Å²) in [7, 11) is 0. The normalized spacial score (nSPS) is 26.0. The number of aromatic nitrogens is 3. The Labute approximate surface area is 191 Å². The smallest absolute Gasteiger partial charge is 0.180 e. The standard InChI is InChI=1S/C23H43N3O6/c1-2-3-4-5-6-7-8-9-10-11-12-13-14-31-17-18-15-26(25-24-18)23-22(30)21(29)20(28)19(16-27)32-23/h15,19-23,27-30H,2-14,16-17H2,1H3/t19-,20+,21+,22-,23-/m1/s1. The van der Waals surface area contributed by atoms with Gasteiger partial charge in [0, 0.05) is 6.61 Å². The van der Waals surface area contributed by atoms with E-state index in [0.717, 1.165) is 12.8 Å². The Kier molecular flexibility index (Phi) is 13.3. The molecule has 186 valence electrons. The van der Waals surface area contributed by atoms with Gasteiger partial charge in [-0.2, -0.15) is 0 Å². The van der Waals surface area contributed by atoms with Crippen LogP contribution in [0.15, 0.2) is 6.20 Å². The van der Waals surface area contributed by atoms with E-state index in [-0.39, 0.29) is 0 Å².